The highest BCUT2D eigenvalue weighted by molar-refractivity contribution is 7.12. The molecule has 0 spiro atoms. The molecule has 0 saturated carbocycles. The predicted octanol–water partition coefficient (Wildman–Crippen LogP) is 0.574. The second-order valence-corrected chi connectivity index (χ2v) is 3.60. The van der Waals surface area contributed by atoms with Crippen molar-refractivity contribution in [3.63, 3.8) is 0 Å². The number of hydrogen-bond acceptors (Lipinski definition) is 4. The second kappa shape index (κ2) is 5.78. The molecule has 0 aliphatic rings. The van der Waals surface area contributed by atoms with Crippen molar-refractivity contribution in [2.75, 3.05) is 13.2 Å². The van der Waals surface area contributed by atoms with Crippen LogP contribution >= 0.6 is 11.3 Å². The molecule has 0 atom stereocenters. The van der Waals surface area contributed by atoms with Crippen LogP contribution in [0.2, 0.25) is 0 Å². The van der Waals surface area contributed by atoms with E-state index in [1.807, 2.05) is 0 Å². The lowest BCUT2D eigenvalue weighted by molar-refractivity contribution is -0.122. The molecule has 0 aliphatic carbocycles. The molecule has 1 amide bonds. The number of thiophene rings is 1. The average Bonchev–Trinajstić information content (AvgIpc) is 2.71. The number of nitrogens with one attached hydrogen (secondary N) is 1. The molecule has 0 saturated heterocycles. The highest BCUT2D eigenvalue weighted by atomic mass is 32.1. The molecule has 16 heavy (non-hydrogen) atoms. The number of ether oxygens (including phenoxy) is 1. The van der Waals surface area contributed by atoms with Gasteiger partial charge in [0, 0.05) is 0 Å². The third-order valence-corrected chi connectivity index (χ3v) is 2.45. The molecule has 1 rings (SSSR count). The van der Waals surface area contributed by atoms with Gasteiger partial charge in [-0.15, -0.1) is 17.8 Å². The number of rotatable bonds is 5. The summed E-state index contributed by atoms with van der Waals surface area (Å²) in [5.74, 6) is 0.967. The van der Waals surface area contributed by atoms with Gasteiger partial charge in [0.25, 0.3) is 5.91 Å². The standard InChI is InChI=1S/C10H9NO4S/c1-2-4-11-8(12)6-15-7-3-5-16-9(7)10(13)14/h1,3,5H,4,6H2,(H,11,12)(H,13,14). The minimum atomic E-state index is -1.07. The topological polar surface area (TPSA) is 75.6 Å². The Hall–Kier alpha value is -2.00. The number of carbonyl (C=O) groups excluding carboxylic acids is 1. The number of carboxylic acids is 1. The third-order valence-electron chi connectivity index (χ3n) is 1.57. The Bertz CT molecular complexity index is 432. The summed E-state index contributed by atoms with van der Waals surface area (Å²) in [5.41, 5.74) is 0. The van der Waals surface area contributed by atoms with E-state index in [4.69, 9.17) is 16.3 Å². The molecule has 2 N–H and O–H groups in total. The van der Waals surface area contributed by atoms with E-state index in [0.717, 1.165) is 11.3 Å². The first-order valence-corrected chi connectivity index (χ1v) is 5.17. The quantitative estimate of drug-likeness (QED) is 0.737. The highest BCUT2D eigenvalue weighted by Crippen LogP contribution is 2.24. The van der Waals surface area contributed by atoms with Gasteiger partial charge in [0.1, 0.15) is 5.75 Å². The Morgan fingerprint density at radius 3 is 3.00 bits per heavy atom. The summed E-state index contributed by atoms with van der Waals surface area (Å²) in [6.45, 7) is -0.129. The Kier molecular flexibility index (Phi) is 4.36. The lowest BCUT2D eigenvalue weighted by Crippen LogP contribution is -2.29. The fourth-order valence-electron chi connectivity index (χ4n) is 0.911. The van der Waals surface area contributed by atoms with Crippen LogP contribution in [0.1, 0.15) is 9.67 Å². The van der Waals surface area contributed by atoms with E-state index >= 15 is 0 Å². The zero-order valence-corrected chi connectivity index (χ0v) is 9.04. The summed E-state index contributed by atoms with van der Waals surface area (Å²) in [5, 5.41) is 12.7. The smallest absolute Gasteiger partial charge is 0.349 e. The molecule has 5 nitrogen and oxygen atoms in total. The Morgan fingerprint density at radius 1 is 1.62 bits per heavy atom. The number of carbonyl (C=O) groups is 2. The largest absolute Gasteiger partial charge is 0.482 e. The molecule has 0 aliphatic heterocycles. The van der Waals surface area contributed by atoms with Gasteiger partial charge < -0.3 is 15.2 Å². The predicted molar refractivity (Wildman–Crippen MR) is 58.6 cm³/mol. The lowest BCUT2D eigenvalue weighted by atomic mass is 10.4. The maximum Gasteiger partial charge on any atom is 0.349 e. The number of amides is 1. The minimum absolute atomic E-state index is 0.0738. The molecule has 1 heterocycles. The Balaban J connectivity index is 2.49. The zero-order chi connectivity index (χ0) is 12.0. The third kappa shape index (κ3) is 3.29. The normalized spacial score (nSPS) is 9.19. The van der Waals surface area contributed by atoms with Crippen LogP contribution in [-0.2, 0) is 4.79 Å². The summed E-state index contributed by atoms with van der Waals surface area (Å²) < 4.78 is 5.05. The molecule has 0 aromatic carbocycles. The summed E-state index contributed by atoms with van der Waals surface area (Å²) in [6, 6.07) is 1.50. The van der Waals surface area contributed by atoms with Crippen molar-refractivity contribution in [2.24, 2.45) is 0 Å². The Morgan fingerprint density at radius 2 is 2.38 bits per heavy atom. The Labute approximate surface area is 96.0 Å². The van der Waals surface area contributed by atoms with Gasteiger partial charge in [0.2, 0.25) is 0 Å². The van der Waals surface area contributed by atoms with Gasteiger partial charge in [0.15, 0.2) is 11.5 Å². The van der Waals surface area contributed by atoms with Crippen molar-refractivity contribution in [1.29, 1.82) is 0 Å². The van der Waals surface area contributed by atoms with Crippen LogP contribution < -0.4 is 10.1 Å². The van der Waals surface area contributed by atoms with Gasteiger partial charge in [-0.3, -0.25) is 4.79 Å². The molecule has 0 fully saturated rings. The molecular weight excluding hydrogens is 230 g/mol. The fourth-order valence-corrected chi connectivity index (χ4v) is 1.58. The molecule has 84 valence electrons. The van der Waals surface area contributed by atoms with Crippen LogP contribution in [0, 0.1) is 12.3 Å². The van der Waals surface area contributed by atoms with Crippen molar-refractivity contribution < 1.29 is 19.4 Å². The average molecular weight is 239 g/mol. The number of hydrogen-bond donors (Lipinski definition) is 2. The highest BCUT2D eigenvalue weighted by Gasteiger charge is 2.13. The van der Waals surface area contributed by atoms with Crippen LogP contribution in [-0.4, -0.2) is 30.1 Å². The lowest BCUT2D eigenvalue weighted by Gasteiger charge is -2.04. The summed E-state index contributed by atoms with van der Waals surface area (Å²) in [7, 11) is 0. The first kappa shape index (κ1) is 12.1. The van der Waals surface area contributed by atoms with Gasteiger partial charge in [-0.1, -0.05) is 5.92 Å². The van der Waals surface area contributed by atoms with E-state index in [0.29, 0.717) is 0 Å². The summed E-state index contributed by atoms with van der Waals surface area (Å²) >= 11 is 1.04. The van der Waals surface area contributed by atoms with E-state index in [2.05, 4.69) is 11.2 Å². The maximum atomic E-state index is 11.1. The van der Waals surface area contributed by atoms with Gasteiger partial charge in [-0.25, -0.2) is 4.79 Å². The molecule has 0 unspecified atom stereocenters. The molecule has 1 aromatic heterocycles. The van der Waals surface area contributed by atoms with Crippen LogP contribution in [0.4, 0.5) is 0 Å². The van der Waals surface area contributed by atoms with Crippen molar-refractivity contribution in [3.05, 3.63) is 16.3 Å². The van der Waals surface area contributed by atoms with Crippen LogP contribution in [0.15, 0.2) is 11.4 Å². The molecule has 0 bridgehead atoms. The number of carboxylic acid groups (broad SMARTS) is 1. The van der Waals surface area contributed by atoms with E-state index in [1.54, 1.807) is 5.38 Å². The first-order chi connectivity index (χ1) is 7.65. The van der Waals surface area contributed by atoms with Gasteiger partial charge in [-0.2, -0.15) is 0 Å². The molecular formula is C10H9NO4S. The maximum absolute atomic E-state index is 11.1. The number of aromatic carboxylic acids is 1. The van der Waals surface area contributed by atoms with Crippen molar-refractivity contribution in [3.8, 4) is 18.1 Å². The number of terminal acetylenes is 1. The van der Waals surface area contributed by atoms with Gasteiger partial charge in [-0.05, 0) is 11.4 Å². The SMILES string of the molecule is C#CCNC(=O)COc1ccsc1C(=O)O. The van der Waals surface area contributed by atoms with Gasteiger partial charge >= 0.3 is 5.97 Å². The fraction of sp³-hybridized carbons (Fsp3) is 0.200. The van der Waals surface area contributed by atoms with E-state index < -0.39 is 5.97 Å². The second-order valence-electron chi connectivity index (χ2n) is 2.69. The monoisotopic (exact) mass is 239 g/mol. The van der Waals surface area contributed by atoms with E-state index in [9.17, 15) is 9.59 Å². The van der Waals surface area contributed by atoms with Crippen molar-refractivity contribution in [1.82, 2.24) is 5.32 Å². The van der Waals surface area contributed by atoms with Crippen LogP contribution in [0.25, 0.3) is 0 Å². The molecule has 1 aromatic rings. The molecule has 6 heteroatoms. The first-order valence-electron chi connectivity index (χ1n) is 4.29. The molecule has 0 radical (unpaired) electrons. The summed E-state index contributed by atoms with van der Waals surface area (Å²) in [6.07, 6.45) is 4.95. The van der Waals surface area contributed by atoms with Crippen molar-refractivity contribution in [2.45, 2.75) is 0 Å². The van der Waals surface area contributed by atoms with Crippen LogP contribution in [0.3, 0.4) is 0 Å². The zero-order valence-electron chi connectivity index (χ0n) is 8.23. The van der Waals surface area contributed by atoms with E-state index in [1.165, 1.54) is 6.07 Å². The minimum Gasteiger partial charge on any atom is -0.482 e. The van der Waals surface area contributed by atoms with E-state index in [-0.39, 0.29) is 29.7 Å². The van der Waals surface area contributed by atoms with Crippen LogP contribution in [0.5, 0.6) is 5.75 Å². The summed E-state index contributed by atoms with van der Waals surface area (Å²) in [4.78, 5) is 21.9. The van der Waals surface area contributed by atoms with Crippen molar-refractivity contribution >= 4 is 23.2 Å². The van der Waals surface area contributed by atoms with Gasteiger partial charge in [0.05, 0.1) is 6.54 Å².